The highest BCUT2D eigenvalue weighted by Gasteiger charge is 2.09. The van der Waals surface area contributed by atoms with E-state index in [-0.39, 0.29) is 12.1 Å². The largest absolute Gasteiger partial charge is 0.503 e. The van der Waals surface area contributed by atoms with Gasteiger partial charge in [0.25, 0.3) is 0 Å². The van der Waals surface area contributed by atoms with Crippen LogP contribution in [0.2, 0.25) is 0 Å². The first kappa shape index (κ1) is 22.2. The quantitative estimate of drug-likeness (QED) is 0.662. The second-order valence-electron chi connectivity index (χ2n) is 4.56. The van der Waals surface area contributed by atoms with Crippen LogP contribution in [0.15, 0.2) is 18.2 Å². The van der Waals surface area contributed by atoms with Gasteiger partial charge in [-0.2, -0.15) is 0 Å². The van der Waals surface area contributed by atoms with Crippen molar-refractivity contribution in [2.75, 3.05) is 25.0 Å². The lowest BCUT2D eigenvalue weighted by atomic mass is 10.1. The van der Waals surface area contributed by atoms with E-state index in [0.29, 0.717) is 6.54 Å². The number of anilines is 1. The number of rotatable bonds is 5. The number of carboxylic acid groups (broad SMARTS) is 2. The predicted octanol–water partition coefficient (Wildman–Crippen LogP) is 2.97. The van der Waals surface area contributed by atoms with E-state index < -0.39 is 6.16 Å². The summed E-state index contributed by atoms with van der Waals surface area (Å²) in [6.45, 7) is 10.4. The number of nitrogens with zero attached hydrogens (tertiary/aromatic N) is 1. The maximum Gasteiger partial charge on any atom is 0.503 e. The van der Waals surface area contributed by atoms with E-state index >= 15 is 0 Å². The molecule has 1 amide bonds. The van der Waals surface area contributed by atoms with Gasteiger partial charge in [-0.15, -0.1) is 0 Å². The molecule has 0 bridgehead atoms. The highest BCUT2D eigenvalue weighted by Crippen LogP contribution is 2.19. The van der Waals surface area contributed by atoms with Gasteiger partial charge < -0.3 is 21.7 Å². The fourth-order valence-corrected chi connectivity index (χ4v) is 1.84. The van der Waals surface area contributed by atoms with Gasteiger partial charge >= 0.3 is 6.16 Å². The summed E-state index contributed by atoms with van der Waals surface area (Å²) in [7, 11) is 0. The summed E-state index contributed by atoms with van der Waals surface area (Å²) in [4.78, 5) is 22.5. The van der Waals surface area contributed by atoms with Crippen LogP contribution in [-0.2, 0) is 4.79 Å². The molecule has 0 radical (unpaired) electrons. The molecule has 6 N–H and O–H groups in total. The lowest BCUT2D eigenvalue weighted by molar-refractivity contribution is -0.117. The number of benzene rings is 1. The number of hydrogen-bond donors (Lipinski definition) is 4. The van der Waals surface area contributed by atoms with Crippen LogP contribution in [0.4, 0.5) is 10.5 Å². The summed E-state index contributed by atoms with van der Waals surface area (Å²) in [5.41, 5.74) is 3.17. The second-order valence-corrected chi connectivity index (χ2v) is 4.56. The number of amides is 1. The topological polar surface area (TPSA) is 125 Å². The van der Waals surface area contributed by atoms with Gasteiger partial charge in [-0.25, -0.2) is 4.79 Å². The Morgan fingerprint density at radius 2 is 1.50 bits per heavy atom. The van der Waals surface area contributed by atoms with Gasteiger partial charge in [-0.3, -0.25) is 9.69 Å². The molecule has 1 aromatic rings. The summed E-state index contributed by atoms with van der Waals surface area (Å²) >= 11 is 0. The molecule has 0 saturated carbocycles. The van der Waals surface area contributed by atoms with Crippen LogP contribution < -0.4 is 11.5 Å². The highest BCUT2D eigenvalue weighted by molar-refractivity contribution is 5.93. The van der Waals surface area contributed by atoms with Crippen molar-refractivity contribution in [3.05, 3.63) is 29.3 Å². The molecule has 1 rings (SSSR count). The van der Waals surface area contributed by atoms with Crippen LogP contribution >= 0.6 is 0 Å². The average molecular weight is 313 g/mol. The molecule has 0 heterocycles. The molecule has 0 fully saturated rings. The summed E-state index contributed by atoms with van der Waals surface area (Å²) in [5.74, 6) is 0.0612. The van der Waals surface area contributed by atoms with E-state index in [1.165, 1.54) is 0 Å². The standard InChI is InChI=1S/C14H22N2O.CH2O3.H3N/c1-5-16(6-2)10-13(17)15-14-11(3)8-7-9-12(14)4;2-1(3)4;/h7-9H,5-6,10H2,1-4H3,(H,15,17);(H2,2,3,4);1H3. The second kappa shape index (κ2) is 11.5. The first-order chi connectivity index (χ1) is 9.81. The number of carbonyl (C=O) groups is 2. The number of hydrogen-bond acceptors (Lipinski definition) is 4. The minimum Gasteiger partial charge on any atom is -0.450 e. The summed E-state index contributed by atoms with van der Waals surface area (Å²) < 4.78 is 0. The van der Waals surface area contributed by atoms with Crippen LogP contribution in [0.3, 0.4) is 0 Å². The monoisotopic (exact) mass is 313 g/mol. The predicted molar refractivity (Wildman–Crippen MR) is 88.0 cm³/mol. The molecule has 0 atom stereocenters. The van der Waals surface area contributed by atoms with Gasteiger partial charge in [0.05, 0.1) is 6.54 Å². The molecule has 22 heavy (non-hydrogen) atoms. The van der Waals surface area contributed by atoms with Crippen LogP contribution in [0.25, 0.3) is 0 Å². The number of aryl methyl sites for hydroxylation is 2. The summed E-state index contributed by atoms with van der Waals surface area (Å²) in [6, 6.07) is 6.03. The Hall–Kier alpha value is -2.12. The number of nitrogens with one attached hydrogen (secondary N) is 1. The Morgan fingerprint density at radius 1 is 1.09 bits per heavy atom. The van der Waals surface area contributed by atoms with E-state index in [9.17, 15) is 4.79 Å². The zero-order chi connectivity index (χ0) is 16.4. The molecule has 7 nitrogen and oxygen atoms in total. The van der Waals surface area contributed by atoms with Crippen molar-refractivity contribution in [2.24, 2.45) is 0 Å². The van der Waals surface area contributed by atoms with Gasteiger partial charge in [0.2, 0.25) is 5.91 Å². The highest BCUT2D eigenvalue weighted by atomic mass is 16.6. The molecule has 0 saturated heterocycles. The molecular weight excluding hydrogens is 286 g/mol. The van der Waals surface area contributed by atoms with Crippen molar-refractivity contribution in [2.45, 2.75) is 27.7 Å². The fourth-order valence-electron chi connectivity index (χ4n) is 1.84. The van der Waals surface area contributed by atoms with Crippen molar-refractivity contribution >= 4 is 17.7 Å². The maximum absolute atomic E-state index is 11.9. The molecule has 0 aliphatic heterocycles. The van der Waals surface area contributed by atoms with Crippen LogP contribution in [-0.4, -0.2) is 46.8 Å². The molecule has 0 aromatic heterocycles. The third kappa shape index (κ3) is 8.93. The van der Waals surface area contributed by atoms with Gasteiger partial charge in [0, 0.05) is 5.69 Å². The first-order valence-electron chi connectivity index (χ1n) is 6.82. The maximum atomic E-state index is 11.9. The number of para-hydroxylation sites is 1. The Bertz CT molecular complexity index is 450. The zero-order valence-electron chi connectivity index (χ0n) is 13.7. The molecule has 0 spiro atoms. The number of carbonyl (C=O) groups excluding carboxylic acids is 1. The van der Waals surface area contributed by atoms with E-state index in [4.69, 9.17) is 15.0 Å². The third-order valence-electron chi connectivity index (χ3n) is 3.01. The van der Waals surface area contributed by atoms with Crippen molar-refractivity contribution in [3.8, 4) is 0 Å². The normalized spacial score (nSPS) is 9.32. The van der Waals surface area contributed by atoms with Gasteiger partial charge in [-0.05, 0) is 38.1 Å². The summed E-state index contributed by atoms with van der Waals surface area (Å²) in [6.07, 6.45) is -1.83. The number of likely N-dealkylation sites (N-methyl/N-ethyl adjacent to an activating group) is 1. The Balaban J connectivity index is 0. The summed E-state index contributed by atoms with van der Waals surface area (Å²) in [5, 5.41) is 16.9. The van der Waals surface area contributed by atoms with E-state index in [1.54, 1.807) is 0 Å². The first-order valence-corrected chi connectivity index (χ1v) is 6.82. The lowest BCUT2D eigenvalue weighted by Gasteiger charge is -2.18. The van der Waals surface area contributed by atoms with Crippen molar-refractivity contribution in [1.82, 2.24) is 11.1 Å². The molecule has 1 aromatic carbocycles. The SMILES string of the molecule is CCN(CC)CC(=O)Nc1c(C)cccc1C.N.O=C(O)O. The smallest absolute Gasteiger partial charge is 0.450 e. The van der Waals surface area contributed by atoms with Crippen molar-refractivity contribution in [3.63, 3.8) is 0 Å². The minimum atomic E-state index is -1.83. The molecule has 126 valence electrons. The van der Waals surface area contributed by atoms with Gasteiger partial charge in [0.15, 0.2) is 0 Å². The van der Waals surface area contributed by atoms with Crippen molar-refractivity contribution in [1.29, 1.82) is 0 Å². The molecule has 7 heteroatoms. The molecular formula is C15H27N3O4. The van der Waals surface area contributed by atoms with E-state index in [2.05, 4.69) is 24.1 Å². The molecule has 0 aliphatic rings. The Morgan fingerprint density at radius 3 is 1.86 bits per heavy atom. The third-order valence-corrected chi connectivity index (χ3v) is 3.01. The molecule has 0 aliphatic carbocycles. The van der Waals surface area contributed by atoms with Crippen LogP contribution in [0.1, 0.15) is 25.0 Å². The lowest BCUT2D eigenvalue weighted by Crippen LogP contribution is -2.33. The van der Waals surface area contributed by atoms with Gasteiger partial charge in [-0.1, -0.05) is 32.0 Å². The van der Waals surface area contributed by atoms with Crippen LogP contribution in [0, 0.1) is 13.8 Å². The Labute approximate surface area is 131 Å². The van der Waals surface area contributed by atoms with Crippen molar-refractivity contribution < 1.29 is 19.8 Å². The zero-order valence-corrected chi connectivity index (χ0v) is 13.7. The van der Waals surface area contributed by atoms with Crippen LogP contribution in [0.5, 0.6) is 0 Å². The Kier molecular flexibility index (Phi) is 11.6. The minimum absolute atomic E-state index is 0. The fraction of sp³-hybridized carbons (Fsp3) is 0.467. The molecule has 0 unspecified atom stereocenters. The van der Waals surface area contributed by atoms with E-state index in [0.717, 1.165) is 29.9 Å². The van der Waals surface area contributed by atoms with E-state index in [1.807, 2.05) is 32.0 Å². The van der Waals surface area contributed by atoms with Gasteiger partial charge in [0.1, 0.15) is 0 Å². The average Bonchev–Trinajstić information content (AvgIpc) is 2.40.